The van der Waals surface area contributed by atoms with E-state index in [1.165, 1.54) is 24.8 Å². The number of nitrogens with one attached hydrogen (secondary N) is 1. The first kappa shape index (κ1) is 21.2. The number of amides is 1. The second-order valence-electron chi connectivity index (χ2n) is 8.46. The van der Waals surface area contributed by atoms with Crippen molar-refractivity contribution in [3.05, 3.63) is 59.9 Å². The molecular formula is C27H31NO3. The molecule has 162 valence electrons. The van der Waals surface area contributed by atoms with Crippen LogP contribution in [0.2, 0.25) is 0 Å². The summed E-state index contributed by atoms with van der Waals surface area (Å²) in [6.07, 6.45) is 9.30. The highest BCUT2D eigenvalue weighted by Crippen LogP contribution is 2.37. The van der Waals surface area contributed by atoms with Gasteiger partial charge < -0.3 is 14.5 Å². The summed E-state index contributed by atoms with van der Waals surface area (Å²) < 4.78 is 11.8. The van der Waals surface area contributed by atoms with Crippen molar-refractivity contribution < 1.29 is 13.9 Å². The molecule has 4 rings (SSSR count). The van der Waals surface area contributed by atoms with Crippen LogP contribution in [0.15, 0.2) is 53.2 Å². The molecule has 0 spiro atoms. The Balaban J connectivity index is 1.68. The summed E-state index contributed by atoms with van der Waals surface area (Å²) >= 11 is 0. The molecule has 1 heterocycles. The molecule has 2 aromatic carbocycles. The lowest BCUT2D eigenvalue weighted by atomic mass is 9.95. The van der Waals surface area contributed by atoms with Crippen LogP contribution in [0.25, 0.3) is 27.7 Å². The molecule has 1 fully saturated rings. The van der Waals surface area contributed by atoms with Gasteiger partial charge in [-0.25, -0.2) is 0 Å². The van der Waals surface area contributed by atoms with Crippen molar-refractivity contribution in [1.82, 2.24) is 5.32 Å². The summed E-state index contributed by atoms with van der Waals surface area (Å²) in [7, 11) is 0. The second kappa shape index (κ2) is 9.42. The summed E-state index contributed by atoms with van der Waals surface area (Å²) in [5.41, 5.74) is 5.95. The van der Waals surface area contributed by atoms with Gasteiger partial charge in [0.2, 0.25) is 5.91 Å². The van der Waals surface area contributed by atoms with E-state index in [0.29, 0.717) is 12.6 Å². The maximum atomic E-state index is 12.7. The number of carbonyl (C=O) groups is 1. The van der Waals surface area contributed by atoms with Crippen molar-refractivity contribution in [1.29, 1.82) is 0 Å². The maximum Gasteiger partial charge on any atom is 0.244 e. The smallest absolute Gasteiger partial charge is 0.244 e. The second-order valence-corrected chi connectivity index (χ2v) is 8.46. The Morgan fingerprint density at radius 3 is 2.61 bits per heavy atom. The van der Waals surface area contributed by atoms with Gasteiger partial charge in [-0.05, 0) is 50.8 Å². The molecule has 3 aromatic rings. The van der Waals surface area contributed by atoms with E-state index in [4.69, 9.17) is 9.15 Å². The fourth-order valence-electron chi connectivity index (χ4n) is 4.36. The number of hydrogen-bond donors (Lipinski definition) is 1. The van der Waals surface area contributed by atoms with E-state index in [1.807, 2.05) is 19.9 Å². The minimum Gasteiger partial charge on any atom is -0.493 e. The van der Waals surface area contributed by atoms with Gasteiger partial charge in [0.05, 0.1) is 12.9 Å². The number of fused-ring (bicyclic) bond motifs is 1. The lowest BCUT2D eigenvalue weighted by Crippen LogP contribution is -2.35. The molecule has 1 amide bonds. The van der Waals surface area contributed by atoms with Crippen molar-refractivity contribution in [2.45, 2.75) is 58.9 Å². The summed E-state index contributed by atoms with van der Waals surface area (Å²) in [5.74, 6) is 0.705. The summed E-state index contributed by atoms with van der Waals surface area (Å²) in [6, 6.07) is 12.7. The molecule has 1 N–H and O–H groups in total. The molecule has 4 heteroatoms. The van der Waals surface area contributed by atoms with Crippen molar-refractivity contribution in [3.8, 4) is 16.9 Å². The monoisotopic (exact) mass is 417 g/mol. The van der Waals surface area contributed by atoms with Crippen LogP contribution >= 0.6 is 0 Å². The van der Waals surface area contributed by atoms with E-state index < -0.39 is 0 Å². The van der Waals surface area contributed by atoms with E-state index in [0.717, 1.165) is 51.8 Å². The van der Waals surface area contributed by atoms with Gasteiger partial charge in [-0.3, -0.25) is 4.79 Å². The van der Waals surface area contributed by atoms with Gasteiger partial charge in [0.1, 0.15) is 11.3 Å². The van der Waals surface area contributed by atoms with Gasteiger partial charge in [0.25, 0.3) is 0 Å². The third kappa shape index (κ3) is 4.84. The molecule has 1 aliphatic carbocycles. The van der Waals surface area contributed by atoms with Crippen LogP contribution in [-0.2, 0) is 4.79 Å². The number of ether oxygens (including phenoxy) is 1. The third-order valence-corrected chi connectivity index (χ3v) is 6.06. The van der Waals surface area contributed by atoms with Crippen LogP contribution in [-0.4, -0.2) is 18.6 Å². The molecule has 0 radical (unpaired) electrons. The highest BCUT2D eigenvalue weighted by molar-refractivity contribution is 6.00. The molecule has 4 nitrogen and oxygen atoms in total. The molecule has 1 saturated carbocycles. The number of allylic oxidation sites excluding steroid dienone is 1. The Labute approximate surface area is 184 Å². The van der Waals surface area contributed by atoms with Gasteiger partial charge >= 0.3 is 0 Å². The van der Waals surface area contributed by atoms with Gasteiger partial charge in [-0.2, -0.15) is 0 Å². The summed E-state index contributed by atoms with van der Waals surface area (Å²) in [4.78, 5) is 12.7. The zero-order valence-corrected chi connectivity index (χ0v) is 18.7. The van der Waals surface area contributed by atoms with Crippen LogP contribution in [0.5, 0.6) is 5.75 Å². The molecule has 1 aromatic heterocycles. The summed E-state index contributed by atoms with van der Waals surface area (Å²) in [6.45, 7) is 6.56. The maximum absolute atomic E-state index is 12.7. The number of carbonyl (C=O) groups excluding carboxylic acids is 1. The average molecular weight is 418 g/mol. The number of furan rings is 1. The Bertz CT molecular complexity index is 1090. The lowest BCUT2D eigenvalue weighted by Gasteiger charge is -2.22. The van der Waals surface area contributed by atoms with E-state index in [-0.39, 0.29) is 5.91 Å². The topological polar surface area (TPSA) is 51.5 Å². The van der Waals surface area contributed by atoms with Crippen LogP contribution in [0.4, 0.5) is 0 Å². The standard InChI is InChI=1S/C27H31NO3/c1-4-30-25-16-26-23(24(17-31-26)20-12-10-18(2)11-13-20)15-22(25)19(3)14-27(29)28-21-8-6-5-7-9-21/h10-17,21H,4-9H2,1-3H3,(H,28,29)/b19-14+. The van der Waals surface area contributed by atoms with Crippen molar-refractivity contribution in [3.63, 3.8) is 0 Å². The first-order chi connectivity index (χ1) is 15.0. The summed E-state index contributed by atoms with van der Waals surface area (Å²) in [5, 5.41) is 4.19. The van der Waals surface area contributed by atoms with Crippen LogP contribution in [0, 0.1) is 6.92 Å². The molecule has 0 saturated heterocycles. The zero-order chi connectivity index (χ0) is 21.8. The minimum atomic E-state index is -0.0297. The molecular weight excluding hydrogens is 386 g/mol. The van der Waals surface area contributed by atoms with E-state index in [1.54, 1.807) is 12.3 Å². The molecule has 0 bridgehead atoms. The Hall–Kier alpha value is -3.01. The molecule has 0 unspecified atom stereocenters. The number of aryl methyl sites for hydroxylation is 1. The largest absolute Gasteiger partial charge is 0.493 e. The van der Waals surface area contributed by atoms with E-state index in [9.17, 15) is 4.79 Å². The normalized spacial score (nSPS) is 15.3. The fraction of sp³-hybridized carbons (Fsp3) is 0.370. The fourth-order valence-corrected chi connectivity index (χ4v) is 4.36. The highest BCUT2D eigenvalue weighted by Gasteiger charge is 2.17. The Morgan fingerprint density at radius 1 is 1.16 bits per heavy atom. The minimum absolute atomic E-state index is 0.0297. The molecule has 0 aliphatic heterocycles. The van der Waals surface area contributed by atoms with Gasteiger partial charge in [-0.15, -0.1) is 0 Å². The van der Waals surface area contributed by atoms with E-state index in [2.05, 4.69) is 42.6 Å². The average Bonchev–Trinajstić information content (AvgIpc) is 3.17. The molecule has 0 atom stereocenters. The van der Waals surface area contributed by atoms with Crippen molar-refractivity contribution in [2.24, 2.45) is 0 Å². The quantitative estimate of drug-likeness (QED) is 0.456. The SMILES string of the molecule is CCOc1cc2occ(-c3ccc(C)cc3)c2cc1/C(C)=C/C(=O)NC1CCCCC1. The third-order valence-electron chi connectivity index (χ3n) is 6.06. The van der Waals surface area contributed by atoms with Gasteiger partial charge in [0, 0.05) is 34.7 Å². The number of rotatable bonds is 6. The van der Waals surface area contributed by atoms with Crippen LogP contribution in [0.3, 0.4) is 0 Å². The Morgan fingerprint density at radius 2 is 1.90 bits per heavy atom. The predicted octanol–water partition coefficient (Wildman–Crippen LogP) is 6.66. The zero-order valence-electron chi connectivity index (χ0n) is 18.7. The van der Waals surface area contributed by atoms with Crippen molar-refractivity contribution in [2.75, 3.05) is 6.61 Å². The Kier molecular flexibility index (Phi) is 6.45. The van der Waals surface area contributed by atoms with Crippen LogP contribution < -0.4 is 10.1 Å². The number of hydrogen-bond acceptors (Lipinski definition) is 3. The molecule has 1 aliphatic rings. The number of benzene rings is 2. The van der Waals surface area contributed by atoms with Crippen molar-refractivity contribution >= 4 is 22.4 Å². The van der Waals surface area contributed by atoms with Crippen LogP contribution in [0.1, 0.15) is 57.1 Å². The predicted molar refractivity (Wildman–Crippen MR) is 126 cm³/mol. The van der Waals surface area contributed by atoms with Gasteiger partial charge in [0.15, 0.2) is 0 Å². The first-order valence-electron chi connectivity index (χ1n) is 11.3. The first-order valence-corrected chi connectivity index (χ1v) is 11.3. The lowest BCUT2D eigenvalue weighted by molar-refractivity contribution is -0.117. The van der Waals surface area contributed by atoms with E-state index >= 15 is 0 Å². The highest BCUT2D eigenvalue weighted by atomic mass is 16.5. The van der Waals surface area contributed by atoms with Gasteiger partial charge in [-0.1, -0.05) is 49.1 Å². The molecule has 31 heavy (non-hydrogen) atoms.